The minimum absolute atomic E-state index is 0.959. The van der Waals surface area contributed by atoms with Crippen molar-refractivity contribution in [3.8, 4) is 11.3 Å². The summed E-state index contributed by atoms with van der Waals surface area (Å²) in [5, 5.41) is 3.96. The molecule has 0 saturated carbocycles. The van der Waals surface area contributed by atoms with Crippen molar-refractivity contribution in [2.45, 2.75) is 20.4 Å². The lowest BCUT2D eigenvalue weighted by atomic mass is 10.0. The van der Waals surface area contributed by atoms with Gasteiger partial charge in [-0.05, 0) is 31.5 Å². The molecule has 5 rings (SSSR count). The molecule has 2 heterocycles. The van der Waals surface area contributed by atoms with Gasteiger partial charge in [0, 0.05) is 39.3 Å². The van der Waals surface area contributed by atoms with Crippen molar-refractivity contribution in [3.63, 3.8) is 0 Å². The smallest absolute Gasteiger partial charge is 0.0586 e. The van der Waals surface area contributed by atoms with Crippen LogP contribution in [0.1, 0.15) is 12.5 Å². The number of H-pyrrole nitrogens is 1. The monoisotopic (exact) mass is 324 g/mol. The highest BCUT2D eigenvalue weighted by molar-refractivity contribution is 6.13. The Morgan fingerprint density at radius 3 is 2.32 bits per heavy atom. The topological polar surface area (TPSA) is 20.7 Å². The quantitative estimate of drug-likeness (QED) is 0.395. The molecule has 2 aromatic heterocycles. The molecule has 0 amide bonds. The Kier molecular flexibility index (Phi) is 3.01. The molecule has 0 aliphatic carbocycles. The van der Waals surface area contributed by atoms with Crippen molar-refractivity contribution in [1.29, 1.82) is 0 Å². The fraction of sp³-hybridized carbons (Fsp3) is 0.130. The second kappa shape index (κ2) is 5.25. The molecule has 3 aromatic carbocycles. The van der Waals surface area contributed by atoms with E-state index in [0.29, 0.717) is 0 Å². The van der Waals surface area contributed by atoms with Crippen LogP contribution >= 0.6 is 0 Å². The van der Waals surface area contributed by atoms with Crippen molar-refractivity contribution in [2.75, 3.05) is 0 Å². The second-order valence-corrected chi connectivity index (χ2v) is 6.63. The van der Waals surface area contributed by atoms with Gasteiger partial charge in [-0.15, -0.1) is 0 Å². The molecule has 2 nitrogen and oxygen atoms in total. The molecule has 2 heteroatoms. The van der Waals surface area contributed by atoms with Gasteiger partial charge in [-0.1, -0.05) is 54.6 Å². The number of aromatic amines is 1. The van der Waals surface area contributed by atoms with E-state index in [1.807, 2.05) is 0 Å². The summed E-state index contributed by atoms with van der Waals surface area (Å²) >= 11 is 0. The van der Waals surface area contributed by atoms with Crippen LogP contribution in [0.4, 0.5) is 0 Å². The minimum atomic E-state index is 0.959. The number of hydrogen-bond acceptors (Lipinski definition) is 0. The number of aryl methyl sites for hydroxylation is 2. The summed E-state index contributed by atoms with van der Waals surface area (Å²) in [5.41, 5.74) is 7.65. The molecule has 0 bridgehead atoms. The number of fused-ring (bicyclic) bond motifs is 4. The number of rotatable bonds is 2. The molecule has 122 valence electrons. The zero-order valence-corrected chi connectivity index (χ0v) is 14.5. The van der Waals surface area contributed by atoms with Crippen molar-refractivity contribution in [1.82, 2.24) is 9.55 Å². The first-order valence-electron chi connectivity index (χ1n) is 8.87. The molecule has 1 N–H and O–H groups in total. The Morgan fingerprint density at radius 1 is 0.800 bits per heavy atom. The van der Waals surface area contributed by atoms with Crippen LogP contribution in [0.3, 0.4) is 0 Å². The largest absolute Gasteiger partial charge is 0.354 e. The van der Waals surface area contributed by atoms with E-state index in [1.165, 1.54) is 49.5 Å². The van der Waals surface area contributed by atoms with E-state index in [9.17, 15) is 0 Å². The summed E-state index contributed by atoms with van der Waals surface area (Å²) in [6.45, 7) is 5.40. The van der Waals surface area contributed by atoms with Gasteiger partial charge in [0.05, 0.1) is 11.2 Å². The molecule has 0 atom stereocenters. The molecular weight excluding hydrogens is 304 g/mol. The second-order valence-electron chi connectivity index (χ2n) is 6.63. The summed E-state index contributed by atoms with van der Waals surface area (Å²) in [6, 6.07) is 23.9. The Morgan fingerprint density at radius 2 is 1.52 bits per heavy atom. The van der Waals surface area contributed by atoms with Gasteiger partial charge in [0.25, 0.3) is 0 Å². The van der Waals surface area contributed by atoms with Crippen molar-refractivity contribution in [3.05, 3.63) is 72.3 Å². The molecule has 0 spiro atoms. The summed E-state index contributed by atoms with van der Waals surface area (Å²) in [5.74, 6) is 0. The van der Waals surface area contributed by atoms with Crippen LogP contribution < -0.4 is 0 Å². The molecular formula is C23H20N2. The lowest BCUT2D eigenvalue weighted by molar-refractivity contribution is 0.827. The molecule has 0 aliphatic rings. The number of para-hydroxylation sites is 3. The van der Waals surface area contributed by atoms with E-state index in [4.69, 9.17) is 0 Å². The van der Waals surface area contributed by atoms with Crippen LogP contribution in [0.5, 0.6) is 0 Å². The maximum Gasteiger partial charge on any atom is 0.0586 e. The third-order valence-corrected chi connectivity index (χ3v) is 5.34. The molecule has 0 saturated heterocycles. The van der Waals surface area contributed by atoms with Crippen LogP contribution in [0.2, 0.25) is 0 Å². The summed E-state index contributed by atoms with van der Waals surface area (Å²) in [6.07, 6.45) is 0. The van der Waals surface area contributed by atoms with Crippen LogP contribution in [-0.2, 0) is 6.54 Å². The van der Waals surface area contributed by atoms with E-state index in [0.717, 1.165) is 6.54 Å². The lowest BCUT2D eigenvalue weighted by Gasteiger charge is -2.09. The predicted octanol–water partition coefficient (Wildman–Crippen LogP) is 6.27. The third-order valence-electron chi connectivity index (χ3n) is 5.34. The highest BCUT2D eigenvalue weighted by Gasteiger charge is 2.17. The Balaban J connectivity index is 1.95. The normalized spacial score (nSPS) is 11.8. The zero-order valence-electron chi connectivity index (χ0n) is 14.5. The average molecular weight is 324 g/mol. The van der Waals surface area contributed by atoms with Crippen molar-refractivity contribution >= 4 is 32.7 Å². The lowest BCUT2D eigenvalue weighted by Crippen LogP contribution is -1.95. The fourth-order valence-corrected chi connectivity index (χ4v) is 4.19. The number of hydrogen-bond donors (Lipinski definition) is 1. The molecule has 0 aliphatic heterocycles. The first kappa shape index (κ1) is 14.4. The van der Waals surface area contributed by atoms with Crippen LogP contribution in [-0.4, -0.2) is 9.55 Å². The summed E-state index contributed by atoms with van der Waals surface area (Å²) in [4.78, 5) is 3.65. The molecule has 0 radical (unpaired) electrons. The molecule has 25 heavy (non-hydrogen) atoms. The van der Waals surface area contributed by atoms with E-state index in [2.05, 4.69) is 90.1 Å². The van der Waals surface area contributed by atoms with Gasteiger partial charge >= 0.3 is 0 Å². The third kappa shape index (κ3) is 1.91. The fourth-order valence-electron chi connectivity index (χ4n) is 4.19. The highest BCUT2D eigenvalue weighted by Crippen LogP contribution is 2.38. The van der Waals surface area contributed by atoms with E-state index < -0.39 is 0 Å². The zero-order chi connectivity index (χ0) is 17.0. The molecule has 5 aromatic rings. The standard InChI is InChI=1S/C23H20N2/c1-3-25-21-14-7-5-10-17(21)18-11-8-12-19(23(18)25)22-15(2)16-9-4-6-13-20(16)24-22/h4-14,24H,3H2,1-2H3. The number of nitrogens with zero attached hydrogens (tertiary/aromatic N) is 1. The van der Waals surface area contributed by atoms with Gasteiger partial charge in [0.15, 0.2) is 0 Å². The summed E-state index contributed by atoms with van der Waals surface area (Å²) in [7, 11) is 0. The Bertz CT molecular complexity index is 1240. The van der Waals surface area contributed by atoms with Gasteiger partial charge in [-0.25, -0.2) is 0 Å². The van der Waals surface area contributed by atoms with Crippen LogP contribution in [0.15, 0.2) is 66.7 Å². The maximum absolute atomic E-state index is 3.65. The van der Waals surface area contributed by atoms with Crippen LogP contribution in [0.25, 0.3) is 44.0 Å². The number of aromatic nitrogens is 2. The molecule has 0 fully saturated rings. The first-order valence-corrected chi connectivity index (χ1v) is 8.87. The first-order chi connectivity index (χ1) is 12.3. The Hall–Kier alpha value is -3.00. The van der Waals surface area contributed by atoms with Crippen molar-refractivity contribution in [2.24, 2.45) is 0 Å². The molecule has 0 unspecified atom stereocenters. The predicted molar refractivity (Wildman–Crippen MR) is 107 cm³/mol. The average Bonchev–Trinajstić information content (AvgIpc) is 3.17. The number of benzene rings is 3. The van der Waals surface area contributed by atoms with E-state index >= 15 is 0 Å². The van der Waals surface area contributed by atoms with Crippen molar-refractivity contribution < 1.29 is 0 Å². The van der Waals surface area contributed by atoms with E-state index in [1.54, 1.807) is 0 Å². The van der Waals surface area contributed by atoms with Gasteiger partial charge in [0.1, 0.15) is 0 Å². The SMILES string of the molecule is CCn1c2ccccc2c2cccc(-c3[nH]c4ccccc4c3C)c21. The van der Waals surface area contributed by atoms with Gasteiger partial charge in [-0.2, -0.15) is 0 Å². The van der Waals surface area contributed by atoms with Gasteiger partial charge in [-0.3, -0.25) is 0 Å². The number of nitrogens with one attached hydrogen (secondary N) is 1. The van der Waals surface area contributed by atoms with Gasteiger partial charge in [0.2, 0.25) is 0 Å². The van der Waals surface area contributed by atoms with Crippen LogP contribution in [0, 0.1) is 6.92 Å². The van der Waals surface area contributed by atoms with E-state index in [-0.39, 0.29) is 0 Å². The minimum Gasteiger partial charge on any atom is -0.354 e. The Labute approximate surface area is 146 Å². The maximum atomic E-state index is 3.65. The highest BCUT2D eigenvalue weighted by atomic mass is 15.0. The summed E-state index contributed by atoms with van der Waals surface area (Å²) < 4.78 is 2.44. The van der Waals surface area contributed by atoms with Gasteiger partial charge < -0.3 is 9.55 Å².